The highest BCUT2D eigenvalue weighted by Gasteiger charge is 2.31. The molecule has 0 N–H and O–H groups in total. The van der Waals surface area contributed by atoms with Crippen molar-refractivity contribution in [1.29, 1.82) is 0 Å². The summed E-state index contributed by atoms with van der Waals surface area (Å²) in [4.78, 5) is 33.8. The van der Waals surface area contributed by atoms with E-state index in [4.69, 9.17) is 14.1 Å². The molecule has 0 spiro atoms. The molecule has 0 saturated carbocycles. The van der Waals surface area contributed by atoms with E-state index in [1.165, 1.54) is 0 Å². The highest BCUT2D eigenvalue weighted by atomic mass is 16.5. The number of hydrogen-bond donors (Lipinski definition) is 0. The summed E-state index contributed by atoms with van der Waals surface area (Å²) >= 11 is 0. The molecule has 1 atom stereocenters. The molecular formula is C27H29N3O4. The summed E-state index contributed by atoms with van der Waals surface area (Å²) in [5.41, 5.74) is 2.73. The van der Waals surface area contributed by atoms with Crippen LogP contribution >= 0.6 is 0 Å². The second-order valence-corrected chi connectivity index (χ2v) is 8.73. The third-order valence-electron chi connectivity index (χ3n) is 6.46. The Bertz CT molecular complexity index is 1060. The summed E-state index contributed by atoms with van der Waals surface area (Å²) < 4.78 is 11.7. The van der Waals surface area contributed by atoms with E-state index in [0.717, 1.165) is 35.4 Å². The minimum Gasteiger partial charge on any atom is -0.440 e. The number of ether oxygens (including phenoxy) is 1. The zero-order valence-corrected chi connectivity index (χ0v) is 19.2. The lowest BCUT2D eigenvalue weighted by Gasteiger charge is -2.35. The Hall–Kier alpha value is -3.45. The van der Waals surface area contributed by atoms with Crippen molar-refractivity contribution in [1.82, 2.24) is 14.8 Å². The lowest BCUT2D eigenvalue weighted by Crippen LogP contribution is -2.52. The van der Waals surface area contributed by atoms with Gasteiger partial charge in [0.25, 0.3) is 5.91 Å². The molecule has 34 heavy (non-hydrogen) atoms. The zero-order valence-electron chi connectivity index (χ0n) is 19.2. The number of oxazole rings is 1. The standard InChI is InChI=1S/C27H29N3O4/c31-24(29-15-17-30(18-16-29)27(32)22-12-7-19-33-22)14-13-23-28-25(20-8-3-1-4-9-20)26(34-23)21-10-5-2-6-11-21/h1-6,8-11,22H,7,12-19H2. The van der Waals surface area contributed by atoms with Crippen LogP contribution in [0.4, 0.5) is 0 Å². The van der Waals surface area contributed by atoms with E-state index in [9.17, 15) is 9.59 Å². The maximum absolute atomic E-state index is 12.9. The number of nitrogens with zero attached hydrogens (tertiary/aromatic N) is 3. The van der Waals surface area contributed by atoms with E-state index in [-0.39, 0.29) is 17.9 Å². The Balaban J connectivity index is 1.22. The fourth-order valence-corrected chi connectivity index (χ4v) is 4.57. The predicted octanol–water partition coefficient (Wildman–Crippen LogP) is 3.79. The summed E-state index contributed by atoms with van der Waals surface area (Å²) in [6.45, 7) is 2.87. The molecule has 5 rings (SSSR count). The third kappa shape index (κ3) is 4.89. The van der Waals surface area contributed by atoms with Gasteiger partial charge in [-0.1, -0.05) is 60.7 Å². The summed E-state index contributed by atoms with van der Waals surface area (Å²) in [5, 5.41) is 0. The summed E-state index contributed by atoms with van der Waals surface area (Å²) in [6.07, 6.45) is 2.19. The maximum atomic E-state index is 12.9. The normalized spacial score (nSPS) is 18.3. The molecule has 3 heterocycles. The number of hydrogen-bond acceptors (Lipinski definition) is 5. The van der Waals surface area contributed by atoms with Gasteiger partial charge in [-0.3, -0.25) is 9.59 Å². The van der Waals surface area contributed by atoms with Crippen LogP contribution in [0.1, 0.15) is 25.2 Å². The molecule has 0 bridgehead atoms. The van der Waals surface area contributed by atoms with Crippen molar-refractivity contribution >= 4 is 11.8 Å². The molecule has 3 aromatic rings. The smallest absolute Gasteiger partial charge is 0.251 e. The molecule has 7 heteroatoms. The topological polar surface area (TPSA) is 75.9 Å². The van der Waals surface area contributed by atoms with Crippen LogP contribution in [0.25, 0.3) is 22.6 Å². The average molecular weight is 460 g/mol. The lowest BCUT2D eigenvalue weighted by atomic mass is 10.1. The second kappa shape index (κ2) is 10.2. The van der Waals surface area contributed by atoms with E-state index >= 15 is 0 Å². The first-order valence-corrected chi connectivity index (χ1v) is 12.0. The van der Waals surface area contributed by atoms with Crippen molar-refractivity contribution in [3.63, 3.8) is 0 Å². The molecule has 1 unspecified atom stereocenters. The minimum atomic E-state index is -0.301. The van der Waals surface area contributed by atoms with E-state index in [1.54, 1.807) is 0 Å². The number of carbonyl (C=O) groups excluding carboxylic acids is 2. The van der Waals surface area contributed by atoms with Crippen LogP contribution in [-0.2, 0) is 20.7 Å². The predicted molar refractivity (Wildman–Crippen MR) is 128 cm³/mol. The van der Waals surface area contributed by atoms with Gasteiger partial charge in [-0.25, -0.2) is 4.98 Å². The van der Waals surface area contributed by atoms with Crippen LogP contribution in [0.2, 0.25) is 0 Å². The molecule has 2 aliphatic heterocycles. The SMILES string of the molecule is O=C(CCc1nc(-c2ccccc2)c(-c2ccccc2)o1)N1CCN(C(=O)C2CCCO2)CC1. The molecule has 1 aromatic heterocycles. The van der Waals surface area contributed by atoms with Crippen LogP contribution in [0.3, 0.4) is 0 Å². The molecule has 2 fully saturated rings. The van der Waals surface area contributed by atoms with Gasteiger partial charge in [0.15, 0.2) is 11.7 Å². The summed E-state index contributed by atoms with van der Waals surface area (Å²) in [5.74, 6) is 1.39. The Morgan fingerprint density at radius 2 is 1.53 bits per heavy atom. The molecule has 0 radical (unpaired) electrons. The van der Waals surface area contributed by atoms with Gasteiger partial charge in [-0.15, -0.1) is 0 Å². The van der Waals surface area contributed by atoms with Crippen molar-refractivity contribution in [2.75, 3.05) is 32.8 Å². The first kappa shape index (κ1) is 22.3. The van der Waals surface area contributed by atoms with Gasteiger partial charge < -0.3 is 19.0 Å². The van der Waals surface area contributed by atoms with Gasteiger partial charge in [0.2, 0.25) is 5.91 Å². The fourth-order valence-electron chi connectivity index (χ4n) is 4.57. The van der Waals surface area contributed by atoms with E-state index in [0.29, 0.717) is 51.5 Å². The number of piperazine rings is 1. The molecule has 7 nitrogen and oxygen atoms in total. The van der Waals surface area contributed by atoms with E-state index in [1.807, 2.05) is 70.5 Å². The molecular weight excluding hydrogens is 430 g/mol. The maximum Gasteiger partial charge on any atom is 0.251 e. The molecule has 2 amide bonds. The molecule has 0 aliphatic carbocycles. The van der Waals surface area contributed by atoms with Crippen molar-refractivity contribution in [3.05, 3.63) is 66.6 Å². The monoisotopic (exact) mass is 459 g/mol. The van der Waals surface area contributed by atoms with Crippen LogP contribution in [0.5, 0.6) is 0 Å². The number of carbonyl (C=O) groups is 2. The van der Waals surface area contributed by atoms with Crippen molar-refractivity contribution in [3.8, 4) is 22.6 Å². The van der Waals surface area contributed by atoms with Crippen LogP contribution in [0, 0.1) is 0 Å². The Kier molecular flexibility index (Phi) is 6.72. The fraction of sp³-hybridized carbons (Fsp3) is 0.370. The largest absolute Gasteiger partial charge is 0.440 e. The number of rotatable bonds is 6. The van der Waals surface area contributed by atoms with Gasteiger partial charge in [0.05, 0.1) is 0 Å². The van der Waals surface area contributed by atoms with Crippen LogP contribution < -0.4 is 0 Å². The number of benzene rings is 2. The average Bonchev–Trinajstić information content (AvgIpc) is 3.59. The lowest BCUT2D eigenvalue weighted by molar-refractivity contribution is -0.146. The van der Waals surface area contributed by atoms with Crippen LogP contribution in [-0.4, -0.2) is 65.5 Å². The Morgan fingerprint density at radius 3 is 2.18 bits per heavy atom. The molecule has 2 aromatic carbocycles. The third-order valence-corrected chi connectivity index (χ3v) is 6.46. The summed E-state index contributed by atoms with van der Waals surface area (Å²) in [6, 6.07) is 19.9. The Morgan fingerprint density at radius 1 is 0.882 bits per heavy atom. The quantitative estimate of drug-likeness (QED) is 0.561. The van der Waals surface area contributed by atoms with Gasteiger partial charge in [0, 0.05) is 56.8 Å². The van der Waals surface area contributed by atoms with E-state index < -0.39 is 0 Å². The van der Waals surface area contributed by atoms with Gasteiger partial charge in [-0.2, -0.15) is 0 Å². The number of aromatic nitrogens is 1. The van der Waals surface area contributed by atoms with Crippen molar-refractivity contribution in [2.45, 2.75) is 31.8 Å². The van der Waals surface area contributed by atoms with Crippen molar-refractivity contribution in [2.24, 2.45) is 0 Å². The minimum absolute atomic E-state index is 0.0601. The first-order chi connectivity index (χ1) is 16.7. The first-order valence-electron chi connectivity index (χ1n) is 12.0. The highest BCUT2D eigenvalue weighted by molar-refractivity contribution is 5.82. The molecule has 176 valence electrons. The molecule has 2 aliphatic rings. The van der Waals surface area contributed by atoms with Gasteiger partial charge in [0.1, 0.15) is 11.8 Å². The molecule has 2 saturated heterocycles. The second-order valence-electron chi connectivity index (χ2n) is 8.73. The van der Waals surface area contributed by atoms with Gasteiger partial charge >= 0.3 is 0 Å². The number of aryl methyl sites for hydroxylation is 1. The highest BCUT2D eigenvalue weighted by Crippen LogP contribution is 2.33. The zero-order chi connectivity index (χ0) is 23.3. The van der Waals surface area contributed by atoms with Crippen LogP contribution in [0.15, 0.2) is 65.1 Å². The van der Waals surface area contributed by atoms with Gasteiger partial charge in [-0.05, 0) is 12.8 Å². The van der Waals surface area contributed by atoms with Crippen molar-refractivity contribution < 1.29 is 18.7 Å². The summed E-state index contributed by atoms with van der Waals surface area (Å²) in [7, 11) is 0. The number of amides is 2. The van der Waals surface area contributed by atoms with E-state index in [2.05, 4.69) is 0 Å². The Labute approximate surface area is 199 Å².